The normalized spacial score (nSPS) is 15.7. The highest BCUT2D eigenvalue weighted by atomic mass is 32.1. The molecule has 0 aliphatic carbocycles. The Balaban J connectivity index is 1.74. The van der Waals surface area contributed by atoms with Crippen LogP contribution < -0.4 is 21.1 Å². The van der Waals surface area contributed by atoms with E-state index in [1.54, 1.807) is 13.3 Å². The molecule has 0 unspecified atom stereocenters. The van der Waals surface area contributed by atoms with E-state index in [0.29, 0.717) is 72.4 Å². The minimum Gasteiger partial charge on any atom is -0.496 e. The Kier molecular flexibility index (Phi) is 8.92. The van der Waals surface area contributed by atoms with Crippen LogP contribution in [0.25, 0.3) is 15.8 Å². The fourth-order valence-corrected chi connectivity index (χ4v) is 4.77. The summed E-state index contributed by atoms with van der Waals surface area (Å²) in [6.45, 7) is 11.9. The highest BCUT2D eigenvalue weighted by Gasteiger charge is 2.38. The van der Waals surface area contributed by atoms with Crippen molar-refractivity contribution in [2.75, 3.05) is 38.7 Å². The van der Waals surface area contributed by atoms with Crippen LogP contribution in [-0.4, -0.2) is 61.4 Å². The fourth-order valence-electron chi connectivity index (χ4n) is 3.90. The molecule has 2 aromatic rings. The first-order valence-corrected chi connectivity index (χ1v) is 12.7. The number of hydrogen-bond donors (Lipinski definition) is 3. The predicted molar refractivity (Wildman–Crippen MR) is 144 cm³/mol. The highest BCUT2D eigenvalue weighted by molar-refractivity contribution is 7.22. The van der Waals surface area contributed by atoms with E-state index in [1.807, 2.05) is 37.8 Å². The Morgan fingerprint density at radius 3 is 2.67 bits per heavy atom. The Morgan fingerprint density at radius 2 is 2.06 bits per heavy atom. The molecule has 10 nitrogen and oxygen atoms in total. The molecule has 3 rings (SSSR count). The first kappa shape index (κ1) is 27.0. The molecule has 1 saturated heterocycles. The monoisotopic (exact) mass is 514 g/mol. The zero-order chi connectivity index (χ0) is 26.3. The van der Waals surface area contributed by atoms with E-state index in [9.17, 15) is 9.59 Å². The van der Waals surface area contributed by atoms with Crippen molar-refractivity contribution < 1.29 is 19.1 Å². The number of thiazole rings is 1. The molecule has 2 heterocycles. The van der Waals surface area contributed by atoms with Gasteiger partial charge in [-0.15, -0.1) is 0 Å². The van der Waals surface area contributed by atoms with Crippen molar-refractivity contribution in [2.24, 2.45) is 16.1 Å². The lowest BCUT2D eigenvalue weighted by molar-refractivity contribution is -0.157. The third-order valence-electron chi connectivity index (χ3n) is 6.11. The van der Waals surface area contributed by atoms with Gasteiger partial charge >= 0.3 is 12.0 Å². The topological polar surface area (TPSA) is 131 Å². The molecular formula is C25H34N6O4S. The average Bonchev–Trinajstić information content (AvgIpc) is 3.25. The van der Waals surface area contributed by atoms with Gasteiger partial charge in [0.2, 0.25) is 0 Å². The van der Waals surface area contributed by atoms with Gasteiger partial charge in [-0.05, 0) is 39.7 Å². The molecule has 0 atom stereocenters. The summed E-state index contributed by atoms with van der Waals surface area (Å²) in [6, 6.07) is 3.41. The van der Waals surface area contributed by atoms with Crippen molar-refractivity contribution in [1.82, 2.24) is 15.2 Å². The number of carbonyl (C=O) groups is 2. The summed E-state index contributed by atoms with van der Waals surface area (Å²) in [5, 5.41) is 5.90. The van der Waals surface area contributed by atoms with E-state index < -0.39 is 5.41 Å². The van der Waals surface area contributed by atoms with Crippen LogP contribution in [0, 0.1) is 5.41 Å². The number of amides is 2. The first-order chi connectivity index (χ1) is 17.2. The number of ether oxygens (including phenoxy) is 2. The maximum Gasteiger partial charge on any atom is 0.321 e. The van der Waals surface area contributed by atoms with Gasteiger partial charge in [-0.3, -0.25) is 10.1 Å². The van der Waals surface area contributed by atoms with Crippen molar-refractivity contribution in [2.45, 2.75) is 33.6 Å². The second-order valence-corrected chi connectivity index (χ2v) is 9.62. The Bertz CT molecular complexity index is 1180. The number of piperidine rings is 1. The number of aliphatic imine (C=N–C) groups is 1. The number of nitrogens with zero attached hydrogens (tertiary/aromatic N) is 3. The highest BCUT2D eigenvalue weighted by Crippen LogP contribution is 2.36. The summed E-state index contributed by atoms with van der Waals surface area (Å²) in [5.74, 6) is 1.04. The van der Waals surface area contributed by atoms with E-state index in [2.05, 4.69) is 27.2 Å². The molecule has 0 radical (unpaired) electrons. The van der Waals surface area contributed by atoms with Crippen molar-refractivity contribution in [3.8, 4) is 5.75 Å². The Morgan fingerprint density at radius 1 is 1.33 bits per heavy atom. The molecule has 1 aliphatic rings. The van der Waals surface area contributed by atoms with E-state index >= 15 is 0 Å². The van der Waals surface area contributed by atoms with E-state index in [4.69, 9.17) is 15.2 Å². The van der Waals surface area contributed by atoms with Crippen molar-refractivity contribution in [3.63, 3.8) is 0 Å². The van der Waals surface area contributed by atoms with Gasteiger partial charge in [0.1, 0.15) is 11.6 Å². The van der Waals surface area contributed by atoms with Crippen LogP contribution in [0.2, 0.25) is 0 Å². The van der Waals surface area contributed by atoms with Crippen molar-refractivity contribution >= 4 is 50.5 Å². The maximum absolute atomic E-state index is 12.3. The number of nitrogens with one attached hydrogen (secondary N) is 2. The summed E-state index contributed by atoms with van der Waals surface area (Å²) in [7, 11) is 1.58. The Labute approximate surface area is 215 Å². The maximum atomic E-state index is 12.3. The van der Waals surface area contributed by atoms with Gasteiger partial charge in [0.15, 0.2) is 5.13 Å². The molecule has 1 fully saturated rings. The summed E-state index contributed by atoms with van der Waals surface area (Å²) >= 11 is 1.35. The SMILES string of the molecule is C=C(N=C/C(=C\N)c1cc2nc(NC(=O)NCC)sc2cc1OC)N1CCC(C)(C(=O)OCC)CC1. The molecule has 2 amide bonds. The van der Waals surface area contributed by atoms with Gasteiger partial charge in [0.25, 0.3) is 0 Å². The van der Waals surface area contributed by atoms with Crippen LogP contribution in [-0.2, 0) is 9.53 Å². The molecule has 0 saturated carbocycles. The number of benzene rings is 1. The zero-order valence-electron chi connectivity index (χ0n) is 21.2. The minimum atomic E-state index is -0.486. The molecule has 1 aromatic heterocycles. The molecule has 1 aliphatic heterocycles. The van der Waals surface area contributed by atoms with Gasteiger partial charge < -0.3 is 25.4 Å². The number of allylic oxidation sites excluding steroid dienone is 1. The lowest BCUT2D eigenvalue weighted by Gasteiger charge is -2.38. The number of anilines is 1. The summed E-state index contributed by atoms with van der Waals surface area (Å²) in [6.07, 6.45) is 4.43. The number of carbonyl (C=O) groups excluding carboxylic acids is 2. The number of urea groups is 1. The summed E-state index contributed by atoms with van der Waals surface area (Å²) in [5.41, 5.74) is 7.51. The summed E-state index contributed by atoms with van der Waals surface area (Å²) < 4.78 is 11.7. The van der Waals surface area contributed by atoms with Crippen LogP contribution in [0.5, 0.6) is 5.75 Å². The molecule has 11 heteroatoms. The lowest BCUT2D eigenvalue weighted by atomic mass is 9.80. The van der Waals surface area contributed by atoms with E-state index in [0.717, 1.165) is 4.70 Å². The molecule has 36 heavy (non-hydrogen) atoms. The van der Waals surface area contributed by atoms with Crippen LogP contribution in [0.4, 0.5) is 9.93 Å². The fraction of sp³-hybridized carbons (Fsp3) is 0.440. The summed E-state index contributed by atoms with van der Waals surface area (Å²) in [4.78, 5) is 35.3. The molecule has 194 valence electrons. The third-order valence-corrected chi connectivity index (χ3v) is 7.04. The molecule has 0 spiro atoms. The number of esters is 1. The molecular weight excluding hydrogens is 480 g/mol. The van der Waals surface area contributed by atoms with Crippen LogP contribution in [0.1, 0.15) is 39.2 Å². The number of rotatable bonds is 9. The number of methoxy groups -OCH3 is 1. The molecule has 1 aromatic carbocycles. The smallest absolute Gasteiger partial charge is 0.321 e. The first-order valence-electron chi connectivity index (χ1n) is 11.9. The quantitative estimate of drug-likeness (QED) is 0.341. The van der Waals surface area contributed by atoms with Crippen LogP contribution in [0.15, 0.2) is 35.7 Å². The van der Waals surface area contributed by atoms with E-state index in [1.165, 1.54) is 17.5 Å². The van der Waals surface area contributed by atoms with Gasteiger partial charge in [0.05, 0.1) is 29.3 Å². The van der Waals surface area contributed by atoms with Gasteiger partial charge in [-0.25, -0.2) is 14.8 Å². The van der Waals surface area contributed by atoms with Gasteiger partial charge in [0, 0.05) is 49.3 Å². The second-order valence-electron chi connectivity index (χ2n) is 8.59. The number of hydrogen-bond acceptors (Lipinski definition) is 9. The minimum absolute atomic E-state index is 0.152. The van der Waals surface area contributed by atoms with E-state index in [-0.39, 0.29) is 12.0 Å². The largest absolute Gasteiger partial charge is 0.496 e. The molecule has 4 N–H and O–H groups in total. The van der Waals surface area contributed by atoms with Crippen LogP contribution >= 0.6 is 11.3 Å². The Hall–Kier alpha value is -3.60. The number of fused-ring (bicyclic) bond motifs is 1. The average molecular weight is 515 g/mol. The zero-order valence-corrected chi connectivity index (χ0v) is 22.0. The van der Waals surface area contributed by atoms with Gasteiger partial charge in [-0.1, -0.05) is 17.9 Å². The molecule has 0 bridgehead atoms. The number of nitrogens with two attached hydrogens (primary N) is 1. The van der Waals surface area contributed by atoms with Crippen molar-refractivity contribution in [3.05, 3.63) is 36.3 Å². The third kappa shape index (κ3) is 6.14. The predicted octanol–water partition coefficient (Wildman–Crippen LogP) is 3.95. The van der Waals surface area contributed by atoms with Gasteiger partial charge in [-0.2, -0.15) is 0 Å². The number of likely N-dealkylation sites (tertiary alicyclic amines) is 1. The lowest BCUT2D eigenvalue weighted by Crippen LogP contribution is -2.42. The standard InChI is InChI=1S/C25H34N6O4S/c1-6-27-23(33)30-24-29-19-12-18(20(34-5)13-21(19)36-24)17(14-26)15-28-16(3)31-10-8-25(4,9-11-31)22(32)35-7-2/h12-15H,3,6-11,26H2,1-2,4-5H3,(H2,27,29,30,33)/b17-14+,28-15?. The van der Waals surface area contributed by atoms with Crippen LogP contribution in [0.3, 0.4) is 0 Å². The second kappa shape index (κ2) is 11.9. The van der Waals surface area contributed by atoms with Crippen molar-refractivity contribution in [1.29, 1.82) is 0 Å². The number of aromatic nitrogens is 1.